The highest BCUT2D eigenvalue weighted by atomic mass is 32.2. The molecule has 2 unspecified atom stereocenters. The van der Waals surface area contributed by atoms with Gasteiger partial charge in [0.2, 0.25) is 11.8 Å². The van der Waals surface area contributed by atoms with Crippen molar-refractivity contribution in [2.75, 3.05) is 20.3 Å². The lowest BCUT2D eigenvalue weighted by Crippen LogP contribution is -2.25. The monoisotopic (exact) mass is 605 g/mol. The summed E-state index contributed by atoms with van der Waals surface area (Å²) in [5, 5.41) is 4.27. The number of amides is 3. The molecule has 4 rings (SSSR count). The first-order valence-corrected chi connectivity index (χ1v) is 15.3. The summed E-state index contributed by atoms with van der Waals surface area (Å²) in [4.78, 5) is 37.8. The maximum atomic E-state index is 11.6. The average Bonchev–Trinajstić information content (AvgIpc) is 3.34. The standard InChI is InChI=1S/C18H18N2O3S.C10H12O.C6H13NO/c1-12-3-2-4-14(19-12)9-10-23-15-7-5-13(6-8-15)11-16-17(21)20-18(22)24-16;1-3-11-9(2)10-7-5-4-6-8-10;1-4-5(2)6(8)7-3/h2-8,16H,9-11H2,1H3,(H,20,21,22);4-8H,2-3H2,1H3;5H,4H2,1-3H3,(H,7,8). The van der Waals surface area contributed by atoms with Gasteiger partial charge in [0.1, 0.15) is 11.5 Å². The van der Waals surface area contributed by atoms with Crippen molar-refractivity contribution in [1.29, 1.82) is 0 Å². The lowest BCUT2D eigenvalue weighted by molar-refractivity contribution is -0.124. The molecule has 1 saturated heterocycles. The SMILES string of the molecule is C=C(OCC)c1ccccc1.CCC(C)C(=O)NC.Cc1cccc(CCOc2ccc(CC3SC(=O)NC3=O)cc2)n1. The summed E-state index contributed by atoms with van der Waals surface area (Å²) in [5.41, 5.74) is 4.07. The first-order chi connectivity index (χ1) is 20.7. The van der Waals surface area contributed by atoms with E-state index < -0.39 is 0 Å². The number of benzene rings is 2. The van der Waals surface area contributed by atoms with E-state index in [4.69, 9.17) is 9.47 Å². The zero-order chi connectivity index (χ0) is 31.6. The molecule has 2 N–H and O–H groups in total. The number of nitrogens with zero attached hydrogens (tertiary/aromatic N) is 1. The van der Waals surface area contributed by atoms with Gasteiger partial charge in [0.25, 0.3) is 5.24 Å². The fourth-order valence-corrected chi connectivity index (χ4v) is 4.65. The summed E-state index contributed by atoms with van der Waals surface area (Å²) < 4.78 is 11.0. The normalized spacial score (nSPS) is 14.2. The fraction of sp³-hybridized carbons (Fsp3) is 0.353. The van der Waals surface area contributed by atoms with E-state index in [9.17, 15) is 14.4 Å². The minimum absolute atomic E-state index is 0.132. The van der Waals surface area contributed by atoms with Crippen LogP contribution in [-0.4, -0.2) is 47.5 Å². The molecule has 43 heavy (non-hydrogen) atoms. The minimum atomic E-state index is -0.336. The second-order valence-corrected chi connectivity index (χ2v) is 10.9. The van der Waals surface area contributed by atoms with Crippen LogP contribution in [0.2, 0.25) is 0 Å². The van der Waals surface area contributed by atoms with E-state index >= 15 is 0 Å². The zero-order valence-electron chi connectivity index (χ0n) is 25.7. The molecule has 0 saturated carbocycles. The molecule has 0 spiro atoms. The maximum absolute atomic E-state index is 11.6. The number of imide groups is 1. The lowest BCUT2D eigenvalue weighted by atomic mass is 10.1. The van der Waals surface area contributed by atoms with Gasteiger partial charge >= 0.3 is 0 Å². The molecule has 0 bridgehead atoms. The Kier molecular flexibility index (Phi) is 15.6. The van der Waals surface area contributed by atoms with Gasteiger partial charge in [-0.2, -0.15) is 0 Å². The molecular weight excluding hydrogens is 562 g/mol. The Morgan fingerprint density at radius 3 is 2.28 bits per heavy atom. The summed E-state index contributed by atoms with van der Waals surface area (Å²) in [7, 11) is 1.66. The largest absolute Gasteiger partial charge is 0.494 e. The third-order valence-corrected chi connectivity index (χ3v) is 7.39. The average molecular weight is 606 g/mol. The molecule has 1 aliphatic heterocycles. The number of thioether (sulfide) groups is 1. The smallest absolute Gasteiger partial charge is 0.286 e. The van der Waals surface area contributed by atoms with Crippen molar-refractivity contribution in [2.24, 2.45) is 5.92 Å². The first-order valence-electron chi connectivity index (χ1n) is 14.4. The number of rotatable bonds is 11. The van der Waals surface area contributed by atoms with Crippen LogP contribution in [0.5, 0.6) is 5.75 Å². The van der Waals surface area contributed by atoms with E-state index in [1.54, 1.807) is 7.05 Å². The van der Waals surface area contributed by atoms with Crippen LogP contribution in [0, 0.1) is 12.8 Å². The summed E-state index contributed by atoms with van der Waals surface area (Å²) in [6.07, 6.45) is 2.21. The number of aryl methyl sites for hydroxylation is 1. The van der Waals surface area contributed by atoms with Gasteiger partial charge in [-0.1, -0.05) is 80.7 Å². The predicted octanol–water partition coefficient (Wildman–Crippen LogP) is 6.38. The molecule has 3 aromatic rings. The molecule has 0 radical (unpaired) electrons. The molecule has 230 valence electrons. The summed E-state index contributed by atoms with van der Waals surface area (Å²) in [6, 6.07) is 23.5. The van der Waals surface area contributed by atoms with E-state index in [2.05, 4.69) is 22.2 Å². The van der Waals surface area contributed by atoms with Crippen LogP contribution in [0.1, 0.15) is 49.7 Å². The van der Waals surface area contributed by atoms with Crippen molar-refractivity contribution in [3.8, 4) is 5.75 Å². The van der Waals surface area contributed by atoms with Gasteiger partial charge in [-0.25, -0.2) is 0 Å². The third-order valence-electron chi connectivity index (χ3n) is 6.41. The molecule has 3 amide bonds. The molecule has 9 heteroatoms. The van der Waals surface area contributed by atoms with Crippen LogP contribution in [-0.2, 0) is 27.2 Å². The number of aromatic nitrogens is 1. The Balaban J connectivity index is 0.000000280. The van der Waals surface area contributed by atoms with Gasteiger partial charge in [-0.3, -0.25) is 24.7 Å². The number of carbonyl (C=O) groups is 3. The van der Waals surface area contributed by atoms with E-state index in [1.165, 1.54) is 0 Å². The topological polar surface area (TPSA) is 107 Å². The quantitative estimate of drug-likeness (QED) is 0.244. The number of ether oxygens (including phenoxy) is 2. The second-order valence-electron chi connectivity index (χ2n) is 9.75. The minimum Gasteiger partial charge on any atom is -0.494 e. The van der Waals surface area contributed by atoms with Gasteiger partial charge < -0.3 is 14.8 Å². The summed E-state index contributed by atoms with van der Waals surface area (Å²) >= 11 is 1.05. The molecule has 2 atom stereocenters. The zero-order valence-corrected chi connectivity index (χ0v) is 26.5. The number of pyridine rings is 1. The van der Waals surface area contributed by atoms with Crippen molar-refractivity contribution >= 4 is 34.6 Å². The Bertz CT molecular complexity index is 1320. The molecule has 0 aliphatic carbocycles. The van der Waals surface area contributed by atoms with Crippen LogP contribution in [0.25, 0.3) is 5.76 Å². The fourth-order valence-electron chi connectivity index (χ4n) is 3.79. The van der Waals surface area contributed by atoms with Gasteiger partial charge in [0, 0.05) is 36.3 Å². The van der Waals surface area contributed by atoms with Crippen LogP contribution in [0.4, 0.5) is 4.79 Å². The molecule has 1 aromatic heterocycles. The second kappa shape index (κ2) is 19.2. The predicted molar refractivity (Wildman–Crippen MR) is 174 cm³/mol. The van der Waals surface area contributed by atoms with Crippen LogP contribution in [0.15, 0.2) is 79.4 Å². The van der Waals surface area contributed by atoms with Crippen LogP contribution in [0.3, 0.4) is 0 Å². The van der Waals surface area contributed by atoms with Crippen LogP contribution < -0.4 is 15.4 Å². The third kappa shape index (κ3) is 13.2. The summed E-state index contributed by atoms with van der Waals surface area (Å²) in [6.45, 7) is 12.9. The maximum Gasteiger partial charge on any atom is 0.286 e. The highest BCUT2D eigenvalue weighted by Crippen LogP contribution is 2.24. The van der Waals surface area contributed by atoms with Crippen molar-refractivity contribution < 1.29 is 23.9 Å². The Morgan fingerprint density at radius 1 is 1.05 bits per heavy atom. The van der Waals surface area contributed by atoms with Crippen molar-refractivity contribution in [1.82, 2.24) is 15.6 Å². The highest BCUT2D eigenvalue weighted by molar-refractivity contribution is 8.15. The van der Waals surface area contributed by atoms with E-state index in [-0.39, 0.29) is 28.2 Å². The van der Waals surface area contributed by atoms with Gasteiger partial charge in [-0.05, 0) is 56.5 Å². The van der Waals surface area contributed by atoms with Gasteiger partial charge in [0.05, 0.1) is 18.5 Å². The van der Waals surface area contributed by atoms with Crippen molar-refractivity contribution in [2.45, 2.75) is 52.2 Å². The Morgan fingerprint density at radius 2 is 1.74 bits per heavy atom. The molecule has 1 fully saturated rings. The van der Waals surface area contributed by atoms with E-state index in [1.807, 2.05) is 100 Å². The number of carbonyl (C=O) groups excluding carboxylic acids is 3. The van der Waals surface area contributed by atoms with Crippen molar-refractivity contribution in [3.05, 3.63) is 102 Å². The Labute approximate surface area is 259 Å². The van der Waals surface area contributed by atoms with Crippen molar-refractivity contribution in [3.63, 3.8) is 0 Å². The Hall–Kier alpha value is -4.11. The van der Waals surface area contributed by atoms with Gasteiger partial charge in [0.15, 0.2) is 0 Å². The molecule has 2 heterocycles. The van der Waals surface area contributed by atoms with E-state index in [0.29, 0.717) is 19.6 Å². The number of hydrogen-bond acceptors (Lipinski definition) is 7. The number of hydrogen-bond donors (Lipinski definition) is 2. The van der Waals surface area contributed by atoms with Gasteiger partial charge in [-0.15, -0.1) is 0 Å². The van der Waals surface area contributed by atoms with Crippen LogP contribution >= 0.6 is 11.8 Å². The van der Waals surface area contributed by atoms with E-state index in [0.717, 1.165) is 58.6 Å². The lowest BCUT2D eigenvalue weighted by Gasteiger charge is -2.09. The number of nitrogens with one attached hydrogen (secondary N) is 2. The molecular formula is C34H43N3O5S. The first kappa shape index (κ1) is 35.1. The molecule has 8 nitrogen and oxygen atoms in total. The molecule has 2 aromatic carbocycles. The summed E-state index contributed by atoms with van der Waals surface area (Å²) in [5.74, 6) is 1.61. The highest BCUT2D eigenvalue weighted by Gasteiger charge is 2.31. The molecule has 1 aliphatic rings.